The number of ether oxygens (including phenoxy) is 1. The first-order valence-electron chi connectivity index (χ1n) is 5.44. The van der Waals surface area contributed by atoms with Crippen molar-refractivity contribution in [3.05, 3.63) is 47.9 Å². The molecule has 1 amide bonds. The van der Waals surface area contributed by atoms with Crippen molar-refractivity contribution in [1.82, 2.24) is 9.97 Å². The van der Waals surface area contributed by atoms with Gasteiger partial charge in [0.25, 0.3) is 5.91 Å². The lowest BCUT2D eigenvalue weighted by Gasteiger charge is -2.05. The molecular weight excluding hydrogens is 230 g/mol. The van der Waals surface area contributed by atoms with Gasteiger partial charge in [-0.1, -0.05) is 6.07 Å². The molecule has 1 N–H and O–H groups in total. The maximum atomic E-state index is 11.9. The lowest BCUT2D eigenvalue weighted by atomic mass is 10.3. The minimum Gasteiger partial charge on any atom is -0.481 e. The van der Waals surface area contributed by atoms with Crippen LogP contribution in [0.1, 0.15) is 16.2 Å². The third kappa shape index (κ3) is 2.82. The fourth-order valence-electron chi connectivity index (χ4n) is 1.44. The highest BCUT2D eigenvalue weighted by molar-refractivity contribution is 6.02. The van der Waals surface area contributed by atoms with Crippen molar-refractivity contribution < 1.29 is 9.53 Å². The van der Waals surface area contributed by atoms with Crippen LogP contribution >= 0.6 is 0 Å². The highest BCUT2D eigenvalue weighted by Gasteiger charge is 2.07. The Morgan fingerprint density at radius 2 is 2.11 bits per heavy atom. The number of aryl methyl sites for hydroxylation is 1. The highest BCUT2D eigenvalue weighted by atomic mass is 16.5. The number of rotatable bonds is 3. The summed E-state index contributed by atoms with van der Waals surface area (Å²) < 4.78 is 4.94. The number of carbonyl (C=O) groups excluding carboxylic acids is 1. The summed E-state index contributed by atoms with van der Waals surface area (Å²) in [5.41, 5.74) is 1.78. The Kier molecular flexibility index (Phi) is 3.52. The summed E-state index contributed by atoms with van der Waals surface area (Å²) in [4.78, 5) is 20.0. The average Bonchev–Trinajstić information content (AvgIpc) is 2.39. The fraction of sp³-hybridized carbons (Fsp3) is 0.154. The molecule has 0 saturated heterocycles. The van der Waals surface area contributed by atoms with Crippen LogP contribution in [0.4, 0.5) is 5.69 Å². The van der Waals surface area contributed by atoms with E-state index in [9.17, 15) is 4.79 Å². The number of hydrogen-bond acceptors (Lipinski definition) is 4. The third-order valence-corrected chi connectivity index (χ3v) is 2.32. The molecule has 5 heteroatoms. The summed E-state index contributed by atoms with van der Waals surface area (Å²) in [5, 5.41) is 2.72. The monoisotopic (exact) mass is 243 g/mol. The zero-order chi connectivity index (χ0) is 13.0. The largest absolute Gasteiger partial charge is 0.481 e. The van der Waals surface area contributed by atoms with Gasteiger partial charge in [0.1, 0.15) is 5.69 Å². The minimum absolute atomic E-state index is 0.259. The van der Waals surface area contributed by atoms with Gasteiger partial charge in [0.05, 0.1) is 19.0 Å². The molecule has 0 aromatic carbocycles. The maximum Gasteiger partial charge on any atom is 0.274 e. The second kappa shape index (κ2) is 5.27. The normalized spacial score (nSPS) is 9.89. The van der Waals surface area contributed by atoms with Crippen LogP contribution in [0, 0.1) is 6.92 Å². The van der Waals surface area contributed by atoms with Crippen molar-refractivity contribution in [2.45, 2.75) is 6.92 Å². The molecule has 2 aromatic heterocycles. The van der Waals surface area contributed by atoms with E-state index >= 15 is 0 Å². The number of nitrogens with zero attached hydrogens (tertiary/aromatic N) is 2. The Bertz CT molecular complexity index is 552. The van der Waals surface area contributed by atoms with Crippen LogP contribution in [0.2, 0.25) is 0 Å². The summed E-state index contributed by atoms with van der Waals surface area (Å²) in [6, 6.07) is 8.70. The molecule has 18 heavy (non-hydrogen) atoms. The van der Waals surface area contributed by atoms with E-state index < -0.39 is 0 Å². The molecule has 2 rings (SSSR count). The summed E-state index contributed by atoms with van der Waals surface area (Å²) in [7, 11) is 1.54. The molecule has 0 aliphatic heterocycles. The standard InChI is InChI=1S/C13H13N3O2/c1-9-4-3-5-11(15-9)13(17)16-10-6-7-12(18-2)14-8-10/h3-8H,1-2H3,(H,16,17). The first kappa shape index (κ1) is 12.0. The van der Waals surface area contributed by atoms with E-state index in [-0.39, 0.29) is 5.91 Å². The highest BCUT2D eigenvalue weighted by Crippen LogP contribution is 2.12. The first-order chi connectivity index (χ1) is 8.69. The Morgan fingerprint density at radius 1 is 1.28 bits per heavy atom. The van der Waals surface area contributed by atoms with Gasteiger partial charge in [0.2, 0.25) is 5.88 Å². The fourth-order valence-corrected chi connectivity index (χ4v) is 1.44. The second-order valence-electron chi connectivity index (χ2n) is 3.71. The first-order valence-corrected chi connectivity index (χ1v) is 5.44. The van der Waals surface area contributed by atoms with E-state index in [2.05, 4.69) is 15.3 Å². The topological polar surface area (TPSA) is 64.1 Å². The second-order valence-corrected chi connectivity index (χ2v) is 3.71. The minimum atomic E-state index is -0.259. The van der Waals surface area contributed by atoms with E-state index in [1.165, 1.54) is 13.3 Å². The van der Waals surface area contributed by atoms with E-state index in [1.807, 2.05) is 13.0 Å². The number of methoxy groups -OCH3 is 1. The molecule has 5 nitrogen and oxygen atoms in total. The number of aromatic nitrogens is 2. The van der Waals surface area contributed by atoms with Gasteiger partial charge in [-0.3, -0.25) is 4.79 Å². The van der Waals surface area contributed by atoms with Crippen LogP contribution in [0.3, 0.4) is 0 Å². The third-order valence-electron chi connectivity index (χ3n) is 2.32. The van der Waals surface area contributed by atoms with Gasteiger partial charge in [-0.15, -0.1) is 0 Å². The van der Waals surface area contributed by atoms with Crippen LogP contribution in [0.25, 0.3) is 0 Å². The Balaban J connectivity index is 2.11. The smallest absolute Gasteiger partial charge is 0.274 e. The molecule has 0 spiro atoms. The van der Waals surface area contributed by atoms with Gasteiger partial charge in [-0.2, -0.15) is 0 Å². The maximum absolute atomic E-state index is 11.9. The molecule has 2 aromatic rings. The summed E-state index contributed by atoms with van der Waals surface area (Å²) >= 11 is 0. The van der Waals surface area contributed by atoms with E-state index in [0.29, 0.717) is 17.3 Å². The quantitative estimate of drug-likeness (QED) is 0.896. The molecule has 0 saturated carbocycles. The van der Waals surface area contributed by atoms with Crippen molar-refractivity contribution in [3.8, 4) is 5.88 Å². The zero-order valence-corrected chi connectivity index (χ0v) is 10.2. The van der Waals surface area contributed by atoms with Gasteiger partial charge in [-0.05, 0) is 25.1 Å². The predicted molar refractivity (Wildman–Crippen MR) is 67.7 cm³/mol. The van der Waals surface area contributed by atoms with Gasteiger partial charge in [-0.25, -0.2) is 9.97 Å². The Hall–Kier alpha value is -2.43. The molecule has 0 radical (unpaired) electrons. The number of carbonyl (C=O) groups is 1. The number of hydrogen-bond donors (Lipinski definition) is 1. The van der Waals surface area contributed by atoms with Crippen LogP contribution in [-0.4, -0.2) is 23.0 Å². The number of amides is 1. The predicted octanol–water partition coefficient (Wildman–Crippen LogP) is 2.05. The van der Waals surface area contributed by atoms with Gasteiger partial charge in [0.15, 0.2) is 0 Å². The molecular formula is C13H13N3O2. The zero-order valence-electron chi connectivity index (χ0n) is 10.2. The van der Waals surface area contributed by atoms with Gasteiger partial charge in [0, 0.05) is 11.8 Å². The van der Waals surface area contributed by atoms with Crippen LogP contribution < -0.4 is 10.1 Å². The molecule has 0 fully saturated rings. The number of nitrogens with one attached hydrogen (secondary N) is 1. The number of pyridine rings is 2. The van der Waals surface area contributed by atoms with Gasteiger partial charge >= 0.3 is 0 Å². The number of anilines is 1. The van der Waals surface area contributed by atoms with Crippen molar-refractivity contribution in [2.24, 2.45) is 0 Å². The Morgan fingerprint density at radius 3 is 2.72 bits per heavy atom. The van der Waals surface area contributed by atoms with Crippen LogP contribution in [0.5, 0.6) is 5.88 Å². The molecule has 0 aliphatic carbocycles. The molecule has 0 unspecified atom stereocenters. The van der Waals surface area contributed by atoms with E-state index in [0.717, 1.165) is 5.69 Å². The van der Waals surface area contributed by atoms with Crippen molar-refractivity contribution in [3.63, 3.8) is 0 Å². The summed E-state index contributed by atoms with van der Waals surface area (Å²) in [6.45, 7) is 1.84. The average molecular weight is 243 g/mol. The SMILES string of the molecule is COc1ccc(NC(=O)c2cccc(C)n2)cn1. The lowest BCUT2D eigenvalue weighted by Crippen LogP contribution is -2.14. The molecule has 2 heterocycles. The van der Waals surface area contributed by atoms with Crippen LogP contribution in [0.15, 0.2) is 36.5 Å². The van der Waals surface area contributed by atoms with Gasteiger partial charge < -0.3 is 10.1 Å². The molecule has 0 aliphatic rings. The van der Waals surface area contributed by atoms with Crippen molar-refractivity contribution in [2.75, 3.05) is 12.4 Å². The lowest BCUT2D eigenvalue weighted by molar-refractivity contribution is 0.102. The van der Waals surface area contributed by atoms with Crippen molar-refractivity contribution in [1.29, 1.82) is 0 Å². The summed E-state index contributed by atoms with van der Waals surface area (Å²) in [6.07, 6.45) is 1.53. The van der Waals surface area contributed by atoms with E-state index in [1.54, 1.807) is 24.3 Å². The van der Waals surface area contributed by atoms with Crippen molar-refractivity contribution >= 4 is 11.6 Å². The molecule has 0 bridgehead atoms. The molecule has 0 atom stereocenters. The van der Waals surface area contributed by atoms with Crippen LogP contribution in [-0.2, 0) is 0 Å². The summed E-state index contributed by atoms with van der Waals surface area (Å²) in [5.74, 6) is 0.243. The Labute approximate surface area is 105 Å². The van der Waals surface area contributed by atoms with E-state index in [4.69, 9.17) is 4.74 Å². The molecule has 92 valence electrons.